The molecular weight excluding hydrogens is 270 g/mol. The van der Waals surface area contributed by atoms with Crippen LogP contribution in [0.25, 0.3) is 0 Å². The van der Waals surface area contributed by atoms with Gasteiger partial charge >= 0.3 is 5.97 Å². The van der Waals surface area contributed by atoms with Crippen molar-refractivity contribution in [2.24, 2.45) is 0 Å². The maximum Gasteiger partial charge on any atom is 0.325 e. The predicted octanol–water partition coefficient (Wildman–Crippen LogP) is 0.618. The molecule has 0 unspecified atom stereocenters. The lowest BCUT2D eigenvalue weighted by Gasteiger charge is -2.23. The number of hydrogen-bond acceptors (Lipinski definition) is 6. The highest BCUT2D eigenvalue weighted by molar-refractivity contribution is 8.15. The van der Waals surface area contributed by atoms with Crippen molar-refractivity contribution in [1.29, 1.82) is 0 Å². The van der Waals surface area contributed by atoms with Gasteiger partial charge in [0, 0.05) is 6.08 Å². The molecule has 1 heterocycles. The fourth-order valence-corrected chi connectivity index (χ4v) is 2.41. The lowest BCUT2D eigenvalue weighted by Crippen LogP contribution is -2.34. The summed E-state index contributed by atoms with van der Waals surface area (Å²) in [6.07, 6.45) is 2.13. The smallest absolute Gasteiger partial charge is 0.325 e. The molecule has 0 saturated heterocycles. The Bertz CT molecular complexity index is 420. The van der Waals surface area contributed by atoms with E-state index in [0.717, 1.165) is 6.42 Å². The third kappa shape index (κ3) is 4.27. The molecule has 1 aliphatic heterocycles. The van der Waals surface area contributed by atoms with Gasteiger partial charge in [-0.1, -0.05) is 18.7 Å². The molecule has 0 bridgehead atoms. The van der Waals surface area contributed by atoms with Crippen LogP contribution in [0.4, 0.5) is 0 Å². The number of thioether (sulfide) groups is 1. The monoisotopic (exact) mass is 287 g/mol. The van der Waals surface area contributed by atoms with E-state index >= 15 is 0 Å². The van der Waals surface area contributed by atoms with E-state index in [2.05, 4.69) is 10.1 Å². The summed E-state index contributed by atoms with van der Waals surface area (Å²) in [6.45, 7) is 3.41. The molecule has 19 heavy (non-hydrogen) atoms. The molecule has 1 rings (SSSR count). The molecule has 0 radical (unpaired) electrons. The van der Waals surface area contributed by atoms with Crippen LogP contribution in [0.1, 0.15) is 20.3 Å². The Morgan fingerprint density at radius 1 is 1.47 bits per heavy atom. The van der Waals surface area contributed by atoms with Crippen LogP contribution in [-0.2, 0) is 23.9 Å². The van der Waals surface area contributed by atoms with Crippen LogP contribution in [0.2, 0.25) is 0 Å². The largest absolute Gasteiger partial charge is 0.486 e. The second-order valence-electron chi connectivity index (χ2n) is 4.16. The minimum absolute atomic E-state index is 0.0747. The second kappa shape index (κ2) is 6.60. The maximum absolute atomic E-state index is 11.4. The topological polar surface area (TPSA) is 81.7 Å². The van der Waals surface area contributed by atoms with Gasteiger partial charge in [-0.2, -0.15) is 0 Å². The van der Waals surface area contributed by atoms with Gasteiger partial charge in [0.1, 0.15) is 12.3 Å². The Kier molecular flexibility index (Phi) is 5.41. The van der Waals surface area contributed by atoms with E-state index < -0.39 is 16.6 Å². The molecular formula is C12H17NO5S. The summed E-state index contributed by atoms with van der Waals surface area (Å²) in [6, 6.07) is 0. The number of esters is 1. The maximum atomic E-state index is 11.4. The van der Waals surface area contributed by atoms with Gasteiger partial charge in [0.25, 0.3) is 5.91 Å². The summed E-state index contributed by atoms with van der Waals surface area (Å²) >= 11 is 1.19. The summed E-state index contributed by atoms with van der Waals surface area (Å²) in [5.41, 5.74) is 0. The van der Waals surface area contributed by atoms with Gasteiger partial charge < -0.3 is 14.8 Å². The van der Waals surface area contributed by atoms with Gasteiger partial charge in [-0.15, -0.1) is 0 Å². The quantitative estimate of drug-likeness (QED) is 0.721. The van der Waals surface area contributed by atoms with E-state index in [1.165, 1.54) is 24.9 Å². The van der Waals surface area contributed by atoms with Gasteiger partial charge in [-0.25, -0.2) is 0 Å². The first-order valence-corrected chi connectivity index (χ1v) is 6.64. The number of amides is 1. The van der Waals surface area contributed by atoms with E-state index in [-0.39, 0.29) is 18.3 Å². The molecule has 0 aromatic heterocycles. The number of ether oxygens (including phenoxy) is 2. The summed E-state index contributed by atoms with van der Waals surface area (Å²) in [5, 5.41) is 2.28. The van der Waals surface area contributed by atoms with Crippen LogP contribution in [-0.4, -0.2) is 42.0 Å². The van der Waals surface area contributed by atoms with Gasteiger partial charge in [-0.3, -0.25) is 14.4 Å². The zero-order valence-corrected chi connectivity index (χ0v) is 12.0. The van der Waals surface area contributed by atoms with E-state index in [9.17, 15) is 14.4 Å². The average Bonchev–Trinajstić information content (AvgIpc) is 2.68. The third-order valence-corrected chi connectivity index (χ3v) is 4.05. The van der Waals surface area contributed by atoms with Gasteiger partial charge in [0.15, 0.2) is 6.61 Å². The molecule has 0 aromatic rings. The normalized spacial score (nSPS) is 21.8. The zero-order chi connectivity index (χ0) is 14.5. The molecule has 7 heteroatoms. The van der Waals surface area contributed by atoms with E-state index in [1.54, 1.807) is 0 Å². The van der Waals surface area contributed by atoms with Crippen LogP contribution in [0.15, 0.2) is 11.8 Å². The summed E-state index contributed by atoms with van der Waals surface area (Å²) in [5.74, 6) is -0.468. The molecule has 1 aliphatic rings. The minimum Gasteiger partial charge on any atom is -0.486 e. The molecule has 0 aliphatic carbocycles. The van der Waals surface area contributed by atoms with Crippen molar-refractivity contribution < 1.29 is 23.9 Å². The van der Waals surface area contributed by atoms with Crippen molar-refractivity contribution in [3.8, 4) is 0 Å². The van der Waals surface area contributed by atoms with Crippen molar-refractivity contribution in [3.05, 3.63) is 11.8 Å². The number of carbonyl (C=O) groups excluding carboxylic acids is 3. The average molecular weight is 287 g/mol. The Morgan fingerprint density at radius 3 is 2.74 bits per heavy atom. The Labute approximate surface area is 115 Å². The van der Waals surface area contributed by atoms with Crippen LogP contribution in [0.3, 0.4) is 0 Å². The van der Waals surface area contributed by atoms with Gasteiger partial charge in [0.2, 0.25) is 5.12 Å². The standard InChI is InChI=1S/C12H17NO5S/c1-4-12(2)8(5-11(16)19-12)18-7-9(14)13-6-10(15)17-3/h5H,4,6-7H2,1-3H3,(H,13,14)/t12-/m1/s1. The van der Waals surface area contributed by atoms with Gasteiger partial charge in [0.05, 0.1) is 11.9 Å². The zero-order valence-electron chi connectivity index (χ0n) is 11.1. The van der Waals surface area contributed by atoms with Crippen molar-refractivity contribution in [1.82, 2.24) is 5.32 Å². The minimum atomic E-state index is -0.530. The summed E-state index contributed by atoms with van der Waals surface area (Å²) < 4.78 is 9.34. The van der Waals surface area contributed by atoms with E-state index in [0.29, 0.717) is 5.76 Å². The Hall–Kier alpha value is -1.50. The Balaban J connectivity index is 2.44. The number of carbonyl (C=O) groups is 3. The fourth-order valence-electron chi connectivity index (χ4n) is 1.44. The Morgan fingerprint density at radius 2 is 2.16 bits per heavy atom. The molecule has 1 N–H and O–H groups in total. The SMILES string of the molecule is CC[C@@]1(C)SC(=O)C=C1OCC(=O)NCC(=O)OC. The highest BCUT2D eigenvalue weighted by Gasteiger charge is 2.38. The number of methoxy groups -OCH3 is 1. The first-order valence-electron chi connectivity index (χ1n) is 5.82. The molecule has 0 saturated carbocycles. The van der Waals surface area contributed by atoms with Crippen molar-refractivity contribution >= 4 is 28.8 Å². The van der Waals surface area contributed by atoms with E-state index in [4.69, 9.17) is 4.74 Å². The molecule has 1 atom stereocenters. The van der Waals surface area contributed by atoms with E-state index in [1.807, 2.05) is 13.8 Å². The van der Waals surface area contributed by atoms with Crippen LogP contribution >= 0.6 is 11.8 Å². The van der Waals surface area contributed by atoms with Crippen molar-refractivity contribution in [2.75, 3.05) is 20.3 Å². The highest BCUT2D eigenvalue weighted by Crippen LogP contribution is 2.42. The van der Waals surface area contributed by atoms with Crippen LogP contribution < -0.4 is 5.32 Å². The predicted molar refractivity (Wildman–Crippen MR) is 70.4 cm³/mol. The van der Waals surface area contributed by atoms with Crippen LogP contribution in [0.5, 0.6) is 0 Å². The highest BCUT2D eigenvalue weighted by atomic mass is 32.2. The number of rotatable bonds is 6. The summed E-state index contributed by atoms with van der Waals surface area (Å²) in [4.78, 5) is 33.6. The number of hydrogen-bond donors (Lipinski definition) is 1. The lowest BCUT2D eigenvalue weighted by molar-refractivity contribution is -0.141. The van der Waals surface area contributed by atoms with Crippen LogP contribution in [0, 0.1) is 0 Å². The molecule has 106 valence electrons. The molecule has 1 amide bonds. The van der Waals surface area contributed by atoms with Crippen molar-refractivity contribution in [3.63, 3.8) is 0 Å². The molecule has 0 spiro atoms. The fraction of sp³-hybridized carbons (Fsp3) is 0.583. The number of nitrogens with one attached hydrogen (secondary N) is 1. The third-order valence-electron chi connectivity index (χ3n) is 2.79. The lowest BCUT2D eigenvalue weighted by atomic mass is 10.1. The first-order chi connectivity index (χ1) is 8.91. The molecule has 0 fully saturated rings. The first kappa shape index (κ1) is 15.6. The van der Waals surface area contributed by atoms with Gasteiger partial charge in [-0.05, 0) is 13.3 Å². The summed E-state index contributed by atoms with van der Waals surface area (Å²) in [7, 11) is 1.24. The van der Waals surface area contributed by atoms with Crippen molar-refractivity contribution in [2.45, 2.75) is 25.0 Å². The second-order valence-corrected chi connectivity index (χ2v) is 5.66. The molecule has 6 nitrogen and oxygen atoms in total. The molecule has 0 aromatic carbocycles.